The van der Waals surface area contributed by atoms with Crippen LogP contribution in [0.3, 0.4) is 0 Å². The number of nitrogens with zero attached hydrogens (tertiary/aromatic N) is 1. The van der Waals surface area contributed by atoms with Crippen LogP contribution in [-0.4, -0.2) is 19.5 Å². The van der Waals surface area contributed by atoms with Gasteiger partial charge in [0.2, 0.25) is 0 Å². The highest BCUT2D eigenvalue weighted by atomic mass is 79.9. The first kappa shape index (κ1) is 14.3. The molecule has 1 N–H and O–H groups in total. The molecule has 112 valence electrons. The molecule has 2 aliphatic rings. The summed E-state index contributed by atoms with van der Waals surface area (Å²) >= 11 is 3.57. The Bertz CT molecular complexity index is 608. The highest BCUT2D eigenvalue weighted by molar-refractivity contribution is 9.11. The van der Waals surface area contributed by atoms with Gasteiger partial charge in [-0.25, -0.2) is 0 Å². The molecule has 3 rings (SSSR count). The Morgan fingerprint density at radius 1 is 1.19 bits per heavy atom. The van der Waals surface area contributed by atoms with Crippen LogP contribution in [0.2, 0.25) is 0 Å². The van der Waals surface area contributed by atoms with Crippen molar-refractivity contribution in [2.24, 2.45) is 0 Å². The molecule has 0 unspecified atom stereocenters. The molecule has 0 atom stereocenters. The monoisotopic (exact) mass is 360 g/mol. The van der Waals surface area contributed by atoms with E-state index in [1.165, 1.54) is 17.7 Å². The SMILES string of the molecule is FC(F)(F)Oc1ccc(N2C=C3NCCC3=C(Br)C2)cc1. The predicted molar refractivity (Wildman–Crippen MR) is 77.1 cm³/mol. The zero-order valence-electron chi connectivity index (χ0n) is 10.9. The lowest BCUT2D eigenvalue weighted by atomic mass is 10.1. The standard InChI is InChI=1S/C14H12BrF3N2O/c15-12-7-20(8-13-11(12)5-6-19-13)9-1-3-10(4-2-9)21-14(16,17)18/h1-4,8,19H,5-7H2. The molecule has 1 aromatic rings. The van der Waals surface area contributed by atoms with Crippen LogP contribution < -0.4 is 15.0 Å². The van der Waals surface area contributed by atoms with Gasteiger partial charge in [0, 0.05) is 22.9 Å². The molecule has 0 aromatic heterocycles. The third-order valence-corrected chi connectivity index (χ3v) is 4.07. The smallest absolute Gasteiger partial charge is 0.406 e. The summed E-state index contributed by atoms with van der Waals surface area (Å²) < 4.78 is 41.4. The average molecular weight is 361 g/mol. The van der Waals surface area contributed by atoms with E-state index in [1.54, 1.807) is 12.1 Å². The van der Waals surface area contributed by atoms with E-state index in [4.69, 9.17) is 0 Å². The lowest BCUT2D eigenvalue weighted by Gasteiger charge is -2.26. The summed E-state index contributed by atoms with van der Waals surface area (Å²) in [6.45, 7) is 1.57. The first-order valence-corrected chi connectivity index (χ1v) is 7.18. The van der Waals surface area contributed by atoms with E-state index in [-0.39, 0.29) is 5.75 Å². The second-order valence-corrected chi connectivity index (χ2v) is 5.73. The zero-order chi connectivity index (χ0) is 15.0. The van der Waals surface area contributed by atoms with Gasteiger partial charge in [0.25, 0.3) is 0 Å². The quantitative estimate of drug-likeness (QED) is 0.865. The Morgan fingerprint density at radius 2 is 1.90 bits per heavy atom. The van der Waals surface area contributed by atoms with E-state index in [1.807, 2.05) is 11.1 Å². The molecular weight excluding hydrogens is 349 g/mol. The Morgan fingerprint density at radius 3 is 2.57 bits per heavy atom. The molecule has 7 heteroatoms. The van der Waals surface area contributed by atoms with Gasteiger partial charge in [0.05, 0.1) is 12.2 Å². The molecule has 2 heterocycles. The zero-order valence-corrected chi connectivity index (χ0v) is 12.5. The summed E-state index contributed by atoms with van der Waals surface area (Å²) in [6.07, 6.45) is -1.70. The second kappa shape index (κ2) is 5.29. The highest BCUT2D eigenvalue weighted by Gasteiger charge is 2.31. The molecule has 0 amide bonds. The molecule has 2 aliphatic heterocycles. The number of hydrogen-bond donors (Lipinski definition) is 1. The van der Waals surface area contributed by atoms with Crippen LogP contribution in [0.5, 0.6) is 5.75 Å². The normalized spacial score (nSPS) is 18.3. The number of halogens is 4. The third-order valence-electron chi connectivity index (χ3n) is 3.34. The number of nitrogens with one attached hydrogen (secondary N) is 1. The van der Waals surface area contributed by atoms with Crippen LogP contribution in [0.15, 0.2) is 46.2 Å². The summed E-state index contributed by atoms with van der Waals surface area (Å²) in [5.74, 6) is -0.217. The Balaban J connectivity index is 1.78. The van der Waals surface area contributed by atoms with Crippen LogP contribution in [0.25, 0.3) is 0 Å². The fraction of sp³-hybridized carbons (Fsp3) is 0.286. The van der Waals surface area contributed by atoms with Gasteiger partial charge in [-0.2, -0.15) is 0 Å². The fourth-order valence-corrected chi connectivity index (χ4v) is 3.10. The van der Waals surface area contributed by atoms with Crippen molar-refractivity contribution in [2.75, 3.05) is 18.0 Å². The van der Waals surface area contributed by atoms with Crippen molar-refractivity contribution in [2.45, 2.75) is 12.8 Å². The maximum atomic E-state index is 12.1. The number of rotatable bonds is 2. The van der Waals surface area contributed by atoms with Gasteiger partial charge in [0.1, 0.15) is 5.75 Å². The minimum atomic E-state index is -4.66. The lowest BCUT2D eigenvalue weighted by Crippen LogP contribution is -2.24. The molecule has 1 saturated heterocycles. The molecule has 21 heavy (non-hydrogen) atoms. The molecular formula is C14H12BrF3N2O. The van der Waals surface area contributed by atoms with Crippen molar-refractivity contribution in [1.29, 1.82) is 0 Å². The van der Waals surface area contributed by atoms with E-state index < -0.39 is 6.36 Å². The maximum Gasteiger partial charge on any atom is 0.573 e. The number of ether oxygens (including phenoxy) is 1. The maximum absolute atomic E-state index is 12.1. The molecule has 1 fully saturated rings. The summed E-state index contributed by atoms with van der Waals surface area (Å²) in [7, 11) is 0. The first-order valence-electron chi connectivity index (χ1n) is 6.38. The first-order chi connectivity index (χ1) is 9.92. The number of hydrogen-bond acceptors (Lipinski definition) is 3. The summed E-state index contributed by atoms with van der Waals surface area (Å²) in [4.78, 5) is 1.97. The topological polar surface area (TPSA) is 24.5 Å². The van der Waals surface area contributed by atoms with Crippen LogP contribution in [0.1, 0.15) is 6.42 Å². The third kappa shape index (κ3) is 3.18. The number of allylic oxidation sites excluding steroid dienone is 1. The van der Waals surface area contributed by atoms with Crippen LogP contribution >= 0.6 is 15.9 Å². The molecule has 0 aliphatic carbocycles. The largest absolute Gasteiger partial charge is 0.573 e. The minimum absolute atomic E-state index is 0.217. The van der Waals surface area contributed by atoms with Crippen molar-refractivity contribution in [3.63, 3.8) is 0 Å². The van der Waals surface area contributed by atoms with E-state index >= 15 is 0 Å². The van der Waals surface area contributed by atoms with Crippen molar-refractivity contribution in [1.82, 2.24) is 5.32 Å². The van der Waals surface area contributed by atoms with Gasteiger partial charge < -0.3 is 15.0 Å². The van der Waals surface area contributed by atoms with E-state index in [0.29, 0.717) is 6.54 Å². The van der Waals surface area contributed by atoms with E-state index in [2.05, 4.69) is 26.0 Å². The Labute approximate surface area is 128 Å². The number of benzene rings is 1. The second-order valence-electron chi connectivity index (χ2n) is 4.77. The van der Waals surface area contributed by atoms with Crippen LogP contribution in [0.4, 0.5) is 18.9 Å². The molecule has 0 saturated carbocycles. The summed E-state index contributed by atoms with van der Waals surface area (Å²) in [6, 6.07) is 5.85. The summed E-state index contributed by atoms with van der Waals surface area (Å²) in [5.41, 5.74) is 3.13. The van der Waals surface area contributed by atoms with Crippen molar-refractivity contribution in [3.05, 3.63) is 46.2 Å². The van der Waals surface area contributed by atoms with Crippen molar-refractivity contribution in [3.8, 4) is 5.75 Å². The van der Waals surface area contributed by atoms with Gasteiger partial charge in [-0.3, -0.25) is 0 Å². The van der Waals surface area contributed by atoms with Gasteiger partial charge in [0.15, 0.2) is 0 Å². The predicted octanol–water partition coefficient (Wildman–Crippen LogP) is 3.89. The Hall–Kier alpha value is -1.63. The molecule has 1 aromatic carbocycles. The summed E-state index contributed by atoms with van der Waals surface area (Å²) in [5, 5.41) is 3.29. The number of anilines is 1. The van der Waals surface area contributed by atoms with Crippen LogP contribution in [0, 0.1) is 0 Å². The van der Waals surface area contributed by atoms with Gasteiger partial charge in [-0.1, -0.05) is 15.9 Å². The molecule has 3 nitrogen and oxygen atoms in total. The highest BCUT2D eigenvalue weighted by Crippen LogP contribution is 2.33. The fourth-order valence-electron chi connectivity index (χ4n) is 2.42. The van der Waals surface area contributed by atoms with Crippen molar-refractivity contribution >= 4 is 21.6 Å². The number of fused-ring (bicyclic) bond motifs is 1. The van der Waals surface area contributed by atoms with Gasteiger partial charge >= 0.3 is 6.36 Å². The molecule has 0 bridgehead atoms. The Kier molecular flexibility index (Phi) is 3.61. The van der Waals surface area contributed by atoms with Crippen molar-refractivity contribution < 1.29 is 17.9 Å². The van der Waals surface area contributed by atoms with Gasteiger partial charge in [-0.05, 0) is 36.3 Å². The molecule has 0 radical (unpaired) electrons. The number of alkyl halides is 3. The van der Waals surface area contributed by atoms with Gasteiger partial charge in [-0.15, -0.1) is 13.2 Å². The lowest BCUT2D eigenvalue weighted by molar-refractivity contribution is -0.274. The van der Waals surface area contributed by atoms with E-state index in [0.717, 1.165) is 28.8 Å². The average Bonchev–Trinajstić information content (AvgIpc) is 2.86. The van der Waals surface area contributed by atoms with Crippen LogP contribution in [-0.2, 0) is 0 Å². The minimum Gasteiger partial charge on any atom is -0.406 e. The van der Waals surface area contributed by atoms with E-state index in [9.17, 15) is 13.2 Å². The molecule has 0 spiro atoms.